The van der Waals surface area contributed by atoms with Gasteiger partial charge in [-0.1, -0.05) is 6.07 Å². The van der Waals surface area contributed by atoms with E-state index in [0.717, 1.165) is 12.2 Å². The van der Waals surface area contributed by atoms with Gasteiger partial charge in [0, 0.05) is 25.3 Å². The Balaban J connectivity index is 2.04. The van der Waals surface area contributed by atoms with E-state index in [1.165, 1.54) is 0 Å². The Kier molecular flexibility index (Phi) is 4.87. The van der Waals surface area contributed by atoms with Crippen molar-refractivity contribution in [1.82, 2.24) is 15.2 Å². The van der Waals surface area contributed by atoms with Crippen molar-refractivity contribution >= 4 is 5.91 Å². The minimum atomic E-state index is -0.375. The van der Waals surface area contributed by atoms with Crippen LogP contribution >= 0.6 is 0 Å². The lowest BCUT2D eigenvalue weighted by Gasteiger charge is -2.32. The number of amides is 1. The van der Waals surface area contributed by atoms with Gasteiger partial charge in [-0.05, 0) is 26.0 Å². The molecule has 1 atom stereocenters. The number of nitrogens with one attached hydrogen (secondary N) is 1. The van der Waals surface area contributed by atoms with Gasteiger partial charge in [0.1, 0.15) is 6.10 Å². The Hall–Kier alpha value is -1.46. The van der Waals surface area contributed by atoms with Crippen molar-refractivity contribution < 1.29 is 9.53 Å². The third kappa shape index (κ3) is 3.75. The van der Waals surface area contributed by atoms with Crippen LogP contribution in [0.4, 0.5) is 0 Å². The second kappa shape index (κ2) is 6.63. The Bertz CT molecular complexity index is 402. The van der Waals surface area contributed by atoms with Gasteiger partial charge in [-0.2, -0.15) is 0 Å². The van der Waals surface area contributed by atoms with Crippen LogP contribution in [0.15, 0.2) is 24.4 Å². The summed E-state index contributed by atoms with van der Waals surface area (Å²) in [6.07, 6.45) is 1.37. The van der Waals surface area contributed by atoms with Gasteiger partial charge in [0.2, 0.25) is 0 Å². The number of morpholine rings is 1. The van der Waals surface area contributed by atoms with E-state index in [1.54, 1.807) is 6.20 Å². The van der Waals surface area contributed by atoms with E-state index in [2.05, 4.69) is 10.3 Å². The number of pyridine rings is 1. The van der Waals surface area contributed by atoms with E-state index < -0.39 is 0 Å². The normalized spacial score (nSPS) is 19.4. The smallest absolute Gasteiger partial charge is 0.253 e. The maximum Gasteiger partial charge on any atom is 0.253 e. The molecule has 0 aromatic carbocycles. The van der Waals surface area contributed by atoms with Crippen LogP contribution in [0, 0.1) is 0 Å². The van der Waals surface area contributed by atoms with Gasteiger partial charge in [0.25, 0.3) is 5.91 Å². The van der Waals surface area contributed by atoms with Crippen LogP contribution in [-0.2, 0) is 16.1 Å². The lowest BCUT2D eigenvalue weighted by molar-refractivity contribution is -0.147. The van der Waals surface area contributed by atoms with Crippen molar-refractivity contribution in [1.29, 1.82) is 0 Å². The molecule has 1 aromatic rings. The number of carbonyl (C=O) groups excluding carboxylic acids is 1. The molecule has 1 aromatic heterocycles. The molecule has 1 aliphatic rings. The molecule has 0 bridgehead atoms. The summed E-state index contributed by atoms with van der Waals surface area (Å²) in [4.78, 5) is 18.6. The van der Waals surface area contributed by atoms with Crippen molar-refractivity contribution in [3.05, 3.63) is 30.1 Å². The highest BCUT2D eigenvalue weighted by Gasteiger charge is 2.28. The fraction of sp³-hybridized carbons (Fsp3) is 0.571. The summed E-state index contributed by atoms with van der Waals surface area (Å²) in [7, 11) is 0. The molecule has 5 heteroatoms. The zero-order valence-electron chi connectivity index (χ0n) is 11.5. The topological polar surface area (TPSA) is 54.5 Å². The number of hydrogen-bond acceptors (Lipinski definition) is 4. The number of hydrogen-bond donors (Lipinski definition) is 1. The quantitative estimate of drug-likeness (QED) is 0.873. The predicted octanol–water partition coefficient (Wildman–Crippen LogP) is 0.807. The third-order valence-electron chi connectivity index (χ3n) is 3.17. The Morgan fingerprint density at radius 1 is 1.58 bits per heavy atom. The molecule has 1 aliphatic heterocycles. The van der Waals surface area contributed by atoms with Gasteiger partial charge < -0.3 is 15.0 Å². The zero-order valence-corrected chi connectivity index (χ0v) is 11.5. The molecule has 0 aliphatic carbocycles. The first-order valence-corrected chi connectivity index (χ1v) is 6.71. The predicted molar refractivity (Wildman–Crippen MR) is 72.5 cm³/mol. The van der Waals surface area contributed by atoms with Crippen molar-refractivity contribution in [3.63, 3.8) is 0 Å². The monoisotopic (exact) mass is 263 g/mol. The highest BCUT2D eigenvalue weighted by molar-refractivity contribution is 5.81. The molecule has 104 valence electrons. The number of rotatable bonds is 4. The SMILES string of the molecule is CC(C)N(Cc1ccccn1)C(=O)C1CNCCO1. The van der Waals surface area contributed by atoms with Crippen molar-refractivity contribution in [2.45, 2.75) is 32.5 Å². The molecule has 0 radical (unpaired) electrons. The van der Waals surface area contributed by atoms with Crippen LogP contribution in [0.3, 0.4) is 0 Å². The molecule has 1 saturated heterocycles. The minimum Gasteiger partial charge on any atom is -0.366 e. The molecule has 1 amide bonds. The Labute approximate surface area is 114 Å². The van der Waals surface area contributed by atoms with Gasteiger partial charge >= 0.3 is 0 Å². The van der Waals surface area contributed by atoms with E-state index >= 15 is 0 Å². The first-order chi connectivity index (χ1) is 9.18. The maximum atomic E-state index is 12.5. The molecule has 2 heterocycles. The van der Waals surface area contributed by atoms with Crippen LogP contribution in [0.25, 0.3) is 0 Å². The summed E-state index contributed by atoms with van der Waals surface area (Å²) >= 11 is 0. The highest BCUT2D eigenvalue weighted by atomic mass is 16.5. The largest absolute Gasteiger partial charge is 0.366 e. The summed E-state index contributed by atoms with van der Waals surface area (Å²) in [6, 6.07) is 5.87. The van der Waals surface area contributed by atoms with Crippen molar-refractivity contribution in [2.24, 2.45) is 0 Å². The standard InChI is InChI=1S/C14H21N3O2/c1-11(2)17(10-12-5-3-4-6-16-12)14(18)13-9-15-7-8-19-13/h3-6,11,13,15H,7-10H2,1-2H3. The second-order valence-electron chi connectivity index (χ2n) is 4.94. The van der Waals surface area contributed by atoms with Gasteiger partial charge in [0.15, 0.2) is 0 Å². The fourth-order valence-corrected chi connectivity index (χ4v) is 2.09. The van der Waals surface area contributed by atoms with E-state index in [-0.39, 0.29) is 18.1 Å². The first kappa shape index (κ1) is 14.0. The summed E-state index contributed by atoms with van der Waals surface area (Å²) < 4.78 is 5.53. The lowest BCUT2D eigenvalue weighted by atomic mass is 10.2. The fourth-order valence-electron chi connectivity index (χ4n) is 2.09. The molecule has 5 nitrogen and oxygen atoms in total. The average molecular weight is 263 g/mol. The lowest BCUT2D eigenvalue weighted by Crippen LogP contribution is -2.51. The van der Waals surface area contributed by atoms with Crippen molar-refractivity contribution in [2.75, 3.05) is 19.7 Å². The number of aromatic nitrogens is 1. The number of carbonyl (C=O) groups is 1. The Morgan fingerprint density at radius 3 is 3.00 bits per heavy atom. The summed E-state index contributed by atoms with van der Waals surface area (Å²) in [5, 5.41) is 3.19. The molecule has 1 N–H and O–H groups in total. The van der Waals surface area contributed by atoms with Gasteiger partial charge in [-0.15, -0.1) is 0 Å². The first-order valence-electron chi connectivity index (χ1n) is 6.71. The Morgan fingerprint density at radius 2 is 2.42 bits per heavy atom. The van der Waals surface area contributed by atoms with E-state index in [9.17, 15) is 4.79 Å². The van der Waals surface area contributed by atoms with Gasteiger partial charge in [-0.3, -0.25) is 9.78 Å². The molecular formula is C14H21N3O2. The van der Waals surface area contributed by atoms with Crippen LogP contribution < -0.4 is 5.32 Å². The molecular weight excluding hydrogens is 242 g/mol. The van der Waals surface area contributed by atoms with Crippen molar-refractivity contribution in [3.8, 4) is 0 Å². The second-order valence-corrected chi connectivity index (χ2v) is 4.94. The molecule has 0 saturated carbocycles. The number of nitrogens with zero attached hydrogens (tertiary/aromatic N) is 2. The molecule has 1 fully saturated rings. The summed E-state index contributed by atoms with van der Waals surface area (Å²) in [5.41, 5.74) is 0.897. The van der Waals surface area contributed by atoms with Crippen LogP contribution in [-0.4, -0.2) is 47.6 Å². The van der Waals surface area contributed by atoms with E-state index in [0.29, 0.717) is 19.7 Å². The van der Waals surface area contributed by atoms with E-state index in [4.69, 9.17) is 4.74 Å². The molecule has 1 unspecified atom stereocenters. The molecule has 2 rings (SSSR count). The van der Waals surface area contributed by atoms with Crippen LogP contribution in [0.5, 0.6) is 0 Å². The maximum absolute atomic E-state index is 12.5. The highest BCUT2D eigenvalue weighted by Crippen LogP contribution is 2.10. The summed E-state index contributed by atoms with van der Waals surface area (Å²) in [5.74, 6) is 0.0350. The van der Waals surface area contributed by atoms with Gasteiger partial charge in [-0.25, -0.2) is 0 Å². The average Bonchev–Trinajstić information content (AvgIpc) is 2.46. The van der Waals surface area contributed by atoms with E-state index in [1.807, 2.05) is 36.9 Å². The molecule has 0 spiro atoms. The summed E-state index contributed by atoms with van der Waals surface area (Å²) in [6.45, 7) is 6.54. The molecule has 19 heavy (non-hydrogen) atoms. The number of ether oxygens (including phenoxy) is 1. The zero-order chi connectivity index (χ0) is 13.7. The third-order valence-corrected chi connectivity index (χ3v) is 3.17. The minimum absolute atomic E-state index is 0.0350. The van der Waals surface area contributed by atoms with Gasteiger partial charge in [0.05, 0.1) is 18.8 Å². The van der Waals surface area contributed by atoms with Crippen LogP contribution in [0.2, 0.25) is 0 Å². The van der Waals surface area contributed by atoms with Crippen LogP contribution in [0.1, 0.15) is 19.5 Å².